The van der Waals surface area contributed by atoms with Gasteiger partial charge in [-0.25, -0.2) is 4.39 Å². The number of H-pyrrole nitrogens is 1. The van der Waals surface area contributed by atoms with E-state index in [1.54, 1.807) is 6.07 Å². The first-order valence-electron chi connectivity index (χ1n) is 8.63. The maximum Gasteiger partial charge on any atom is 0.156 e. The summed E-state index contributed by atoms with van der Waals surface area (Å²) in [5, 5.41) is 9.79. The molecule has 0 atom stereocenters. The fourth-order valence-corrected chi connectivity index (χ4v) is 3.29. The number of aromatic nitrogens is 1. The van der Waals surface area contributed by atoms with Gasteiger partial charge in [-0.2, -0.15) is 5.26 Å². The molecular formula is C21H22FN3. The molecule has 0 spiro atoms. The molecule has 1 saturated heterocycles. The van der Waals surface area contributed by atoms with E-state index in [2.05, 4.69) is 16.0 Å². The topological polar surface area (TPSA) is 42.8 Å². The Morgan fingerprint density at radius 2 is 1.72 bits per heavy atom. The van der Waals surface area contributed by atoms with Crippen molar-refractivity contribution in [3.05, 3.63) is 54.3 Å². The van der Waals surface area contributed by atoms with Crippen molar-refractivity contribution in [2.45, 2.75) is 20.8 Å². The molecule has 2 aromatic carbocycles. The second kappa shape index (κ2) is 6.60. The van der Waals surface area contributed by atoms with Crippen LogP contribution in [0.5, 0.6) is 0 Å². The van der Waals surface area contributed by atoms with E-state index in [9.17, 15) is 9.65 Å². The molecule has 25 heavy (non-hydrogen) atoms. The van der Waals surface area contributed by atoms with Gasteiger partial charge in [0.25, 0.3) is 0 Å². The molecule has 3 aromatic rings. The van der Waals surface area contributed by atoms with Gasteiger partial charge in [-0.15, -0.1) is 0 Å². The van der Waals surface area contributed by atoms with E-state index in [-0.39, 0.29) is 11.2 Å². The van der Waals surface area contributed by atoms with Gasteiger partial charge in [0.1, 0.15) is 0 Å². The van der Waals surface area contributed by atoms with E-state index < -0.39 is 0 Å². The predicted molar refractivity (Wildman–Crippen MR) is 101 cm³/mol. The Hall–Kier alpha value is -2.80. The summed E-state index contributed by atoms with van der Waals surface area (Å²) >= 11 is 0. The zero-order valence-electron chi connectivity index (χ0n) is 14.8. The first kappa shape index (κ1) is 17.0. The number of nitrogens with one attached hydrogen (secondary N) is 1. The lowest BCUT2D eigenvalue weighted by Crippen LogP contribution is -2.54. The van der Waals surface area contributed by atoms with Crippen molar-refractivity contribution in [1.82, 2.24) is 4.98 Å². The summed E-state index contributed by atoms with van der Waals surface area (Å²) in [6.07, 6.45) is 0. The smallest absolute Gasteiger partial charge is 0.156 e. The zero-order valence-corrected chi connectivity index (χ0v) is 14.8. The summed E-state index contributed by atoms with van der Waals surface area (Å²) in [5.41, 5.74) is 2.78. The van der Waals surface area contributed by atoms with Crippen molar-refractivity contribution in [2.24, 2.45) is 5.41 Å². The van der Waals surface area contributed by atoms with Crippen molar-refractivity contribution in [3.8, 4) is 17.3 Å². The van der Waals surface area contributed by atoms with Crippen LogP contribution in [-0.4, -0.2) is 18.1 Å². The van der Waals surface area contributed by atoms with Crippen LogP contribution in [-0.2, 0) is 0 Å². The Morgan fingerprint density at radius 1 is 1.08 bits per heavy atom. The van der Waals surface area contributed by atoms with E-state index in [1.165, 1.54) is 0 Å². The van der Waals surface area contributed by atoms with Gasteiger partial charge in [0.2, 0.25) is 0 Å². The van der Waals surface area contributed by atoms with Gasteiger partial charge in [-0.1, -0.05) is 44.2 Å². The van der Waals surface area contributed by atoms with Gasteiger partial charge in [0, 0.05) is 35.2 Å². The molecule has 1 aromatic heterocycles. The average molecular weight is 335 g/mol. The zero-order chi connectivity index (χ0) is 18.0. The molecule has 3 nitrogen and oxygen atoms in total. The third-order valence-corrected chi connectivity index (χ3v) is 4.51. The molecule has 1 N–H and O–H groups in total. The highest BCUT2D eigenvalue weighted by Gasteiger charge is 2.40. The van der Waals surface area contributed by atoms with Crippen LogP contribution >= 0.6 is 0 Å². The van der Waals surface area contributed by atoms with Crippen LogP contribution in [0.4, 0.5) is 10.1 Å². The number of aromatic amines is 1. The summed E-state index contributed by atoms with van der Waals surface area (Å²) in [6, 6.07) is 17.5. The van der Waals surface area contributed by atoms with E-state index in [1.807, 2.05) is 63.2 Å². The average Bonchev–Trinajstić information content (AvgIpc) is 2.98. The predicted octanol–water partition coefficient (Wildman–Crippen LogP) is 5.35. The number of fused-ring (bicyclic) bond motifs is 1. The number of anilines is 1. The van der Waals surface area contributed by atoms with Crippen molar-refractivity contribution in [1.29, 1.82) is 5.26 Å². The molecule has 0 aliphatic carbocycles. The van der Waals surface area contributed by atoms with E-state index >= 15 is 0 Å². The fraction of sp³-hybridized carbons (Fsp3) is 0.286. The quantitative estimate of drug-likeness (QED) is 0.686. The van der Waals surface area contributed by atoms with Gasteiger partial charge < -0.3 is 9.88 Å². The maximum absolute atomic E-state index is 14.8. The normalized spacial score (nSPS) is 15.1. The monoisotopic (exact) mass is 335 g/mol. The molecule has 128 valence electrons. The molecule has 1 fully saturated rings. The van der Waals surface area contributed by atoms with Gasteiger partial charge in [0.15, 0.2) is 5.82 Å². The number of nitrogens with zero attached hydrogens (tertiary/aromatic N) is 2. The van der Waals surface area contributed by atoms with Gasteiger partial charge >= 0.3 is 0 Å². The highest BCUT2D eigenvalue weighted by atomic mass is 19.1. The molecule has 1 aliphatic rings. The highest BCUT2D eigenvalue weighted by molar-refractivity contribution is 5.90. The largest absolute Gasteiger partial charge is 0.368 e. The van der Waals surface area contributed by atoms with Crippen LogP contribution in [0.3, 0.4) is 0 Å². The molecule has 2 heterocycles. The number of rotatable bonds is 2. The summed E-state index contributed by atoms with van der Waals surface area (Å²) in [6.45, 7) is 7.29. The first-order valence-corrected chi connectivity index (χ1v) is 8.63. The highest BCUT2D eigenvalue weighted by Crippen LogP contribution is 2.40. The van der Waals surface area contributed by atoms with Crippen molar-refractivity contribution in [2.75, 3.05) is 18.0 Å². The minimum absolute atomic E-state index is 0.225. The molecular weight excluding hydrogens is 313 g/mol. The second-order valence-corrected chi connectivity index (χ2v) is 6.41. The minimum atomic E-state index is -0.313. The van der Waals surface area contributed by atoms with Crippen molar-refractivity contribution in [3.63, 3.8) is 0 Å². The summed E-state index contributed by atoms with van der Waals surface area (Å²) in [5.74, 6) is -0.225. The lowest BCUT2D eigenvalue weighted by atomic mass is 9.83. The third-order valence-electron chi connectivity index (χ3n) is 4.51. The lowest BCUT2D eigenvalue weighted by Gasteiger charge is -2.45. The molecule has 0 bridgehead atoms. The standard InChI is InChI=1S/C19H16FN3.C2H6/c1-19(10-21)11-23(12-19)16-9-5-3-7-14(16)18-17(20)13-6-2-4-8-15(13)22-18;1-2/h2-9,22H,11-12H2,1H3;1-2H3. The van der Waals surface area contributed by atoms with E-state index in [4.69, 9.17) is 0 Å². The third kappa shape index (κ3) is 2.87. The van der Waals surface area contributed by atoms with Crippen LogP contribution in [0.1, 0.15) is 20.8 Å². The molecule has 0 radical (unpaired) electrons. The van der Waals surface area contributed by atoms with Crippen molar-refractivity contribution < 1.29 is 4.39 Å². The molecule has 0 unspecified atom stereocenters. The van der Waals surface area contributed by atoms with Gasteiger partial charge in [0.05, 0.1) is 17.2 Å². The van der Waals surface area contributed by atoms with Crippen LogP contribution < -0.4 is 4.90 Å². The van der Waals surface area contributed by atoms with Crippen LogP contribution in [0, 0.1) is 22.6 Å². The number of para-hydroxylation sites is 2. The van der Waals surface area contributed by atoms with E-state index in [0.29, 0.717) is 24.2 Å². The van der Waals surface area contributed by atoms with Crippen LogP contribution in [0.25, 0.3) is 22.2 Å². The number of hydrogen-bond donors (Lipinski definition) is 1. The minimum Gasteiger partial charge on any atom is -0.368 e. The van der Waals surface area contributed by atoms with E-state index in [0.717, 1.165) is 16.8 Å². The molecule has 4 rings (SSSR count). The first-order chi connectivity index (χ1) is 12.1. The molecule has 0 saturated carbocycles. The Bertz CT molecular complexity index is 930. The number of hydrogen-bond acceptors (Lipinski definition) is 2. The van der Waals surface area contributed by atoms with Crippen LogP contribution in [0.15, 0.2) is 48.5 Å². The summed E-state index contributed by atoms with van der Waals surface area (Å²) in [4.78, 5) is 5.32. The number of nitriles is 1. The SMILES string of the molecule is CC.CC1(C#N)CN(c2ccccc2-c2[nH]c3ccccc3c2F)C1. The summed E-state index contributed by atoms with van der Waals surface area (Å²) < 4.78 is 14.8. The van der Waals surface area contributed by atoms with Gasteiger partial charge in [-0.05, 0) is 25.1 Å². The van der Waals surface area contributed by atoms with Crippen LogP contribution in [0.2, 0.25) is 0 Å². The number of benzene rings is 2. The fourth-order valence-electron chi connectivity index (χ4n) is 3.29. The Kier molecular flexibility index (Phi) is 4.50. The second-order valence-electron chi connectivity index (χ2n) is 6.41. The van der Waals surface area contributed by atoms with Crippen molar-refractivity contribution >= 4 is 16.6 Å². The lowest BCUT2D eigenvalue weighted by molar-refractivity contribution is 0.337. The Morgan fingerprint density at radius 3 is 2.40 bits per heavy atom. The Labute approximate surface area is 147 Å². The maximum atomic E-state index is 14.8. The Balaban J connectivity index is 0.000000880. The molecule has 0 amide bonds. The molecule has 4 heteroatoms. The van der Waals surface area contributed by atoms with Gasteiger partial charge in [-0.3, -0.25) is 0 Å². The summed E-state index contributed by atoms with van der Waals surface area (Å²) in [7, 11) is 0. The molecule has 1 aliphatic heterocycles. The number of halogens is 1.